The summed E-state index contributed by atoms with van der Waals surface area (Å²) >= 11 is 0. The molecule has 2 N–H and O–H groups in total. The van der Waals surface area contributed by atoms with Crippen molar-refractivity contribution in [3.8, 4) is 5.69 Å². The summed E-state index contributed by atoms with van der Waals surface area (Å²) in [5.41, 5.74) is 8.88. The monoisotopic (exact) mass is 231 g/mol. The Kier molecular flexibility index (Phi) is 2.79. The fourth-order valence-corrected chi connectivity index (χ4v) is 2.14. The lowest BCUT2D eigenvalue weighted by Crippen LogP contribution is -2.20. The van der Waals surface area contributed by atoms with Gasteiger partial charge >= 0.3 is 0 Å². The van der Waals surface area contributed by atoms with E-state index in [1.165, 1.54) is 0 Å². The molecule has 2 aromatic rings. The number of aromatic nitrogens is 2. The molecule has 1 heterocycles. The molecule has 1 aromatic heterocycles. The van der Waals surface area contributed by atoms with Crippen LogP contribution >= 0.6 is 0 Å². The average molecular weight is 231 g/mol. The second-order valence-corrected chi connectivity index (χ2v) is 4.19. The SMILES string of the molecule is CCc1c(N)c(=O)n(-c2cccc(C)c2)n1C. The van der Waals surface area contributed by atoms with E-state index in [0.717, 1.165) is 23.4 Å². The molecular weight excluding hydrogens is 214 g/mol. The van der Waals surface area contributed by atoms with Crippen molar-refractivity contribution in [3.05, 3.63) is 45.9 Å². The Bertz CT molecular complexity index is 608. The molecule has 0 saturated carbocycles. The summed E-state index contributed by atoms with van der Waals surface area (Å²) in [6, 6.07) is 7.82. The number of aryl methyl sites for hydroxylation is 1. The highest BCUT2D eigenvalue weighted by Gasteiger charge is 2.14. The maximum absolute atomic E-state index is 12.1. The molecule has 4 nitrogen and oxygen atoms in total. The van der Waals surface area contributed by atoms with E-state index in [1.54, 1.807) is 4.68 Å². The molecule has 0 radical (unpaired) electrons. The number of nitrogens with zero attached hydrogens (tertiary/aromatic N) is 2. The summed E-state index contributed by atoms with van der Waals surface area (Å²) in [5.74, 6) is 0. The van der Waals surface area contributed by atoms with Gasteiger partial charge in [0.15, 0.2) is 0 Å². The fourth-order valence-electron chi connectivity index (χ4n) is 2.14. The van der Waals surface area contributed by atoms with E-state index in [4.69, 9.17) is 5.73 Å². The number of anilines is 1. The second-order valence-electron chi connectivity index (χ2n) is 4.19. The van der Waals surface area contributed by atoms with Gasteiger partial charge in [-0.15, -0.1) is 0 Å². The Labute approximate surface area is 100 Å². The summed E-state index contributed by atoms with van der Waals surface area (Å²) < 4.78 is 3.44. The van der Waals surface area contributed by atoms with E-state index in [9.17, 15) is 4.79 Å². The van der Waals surface area contributed by atoms with Gasteiger partial charge in [0.05, 0.1) is 11.4 Å². The van der Waals surface area contributed by atoms with Crippen molar-refractivity contribution in [3.63, 3.8) is 0 Å². The predicted molar refractivity (Wildman–Crippen MR) is 69.5 cm³/mol. The quantitative estimate of drug-likeness (QED) is 0.854. The van der Waals surface area contributed by atoms with Crippen LogP contribution in [0.3, 0.4) is 0 Å². The summed E-state index contributed by atoms with van der Waals surface area (Å²) in [5, 5.41) is 0. The van der Waals surface area contributed by atoms with E-state index in [1.807, 2.05) is 49.8 Å². The Balaban J connectivity index is 2.72. The summed E-state index contributed by atoms with van der Waals surface area (Å²) in [7, 11) is 1.86. The molecule has 2 rings (SSSR count). The zero-order valence-corrected chi connectivity index (χ0v) is 10.4. The summed E-state index contributed by atoms with van der Waals surface area (Å²) in [6.45, 7) is 3.99. The molecular formula is C13H17N3O. The van der Waals surface area contributed by atoms with Gasteiger partial charge < -0.3 is 5.73 Å². The van der Waals surface area contributed by atoms with Crippen molar-refractivity contribution >= 4 is 5.69 Å². The van der Waals surface area contributed by atoms with Crippen molar-refractivity contribution in [2.45, 2.75) is 20.3 Å². The molecule has 0 spiro atoms. The van der Waals surface area contributed by atoms with Crippen LogP contribution in [0, 0.1) is 6.92 Å². The second kappa shape index (κ2) is 4.13. The van der Waals surface area contributed by atoms with Crippen LogP contribution in [0.15, 0.2) is 29.1 Å². The first-order chi connectivity index (χ1) is 8.06. The molecule has 0 fully saturated rings. The van der Waals surface area contributed by atoms with Gasteiger partial charge in [-0.1, -0.05) is 19.1 Å². The third kappa shape index (κ3) is 1.75. The molecule has 0 aliphatic heterocycles. The molecule has 0 atom stereocenters. The van der Waals surface area contributed by atoms with Crippen molar-refractivity contribution < 1.29 is 0 Å². The minimum Gasteiger partial charge on any atom is -0.393 e. The van der Waals surface area contributed by atoms with Crippen LogP contribution in [0.25, 0.3) is 5.69 Å². The third-order valence-electron chi connectivity index (χ3n) is 3.01. The fraction of sp³-hybridized carbons (Fsp3) is 0.308. The van der Waals surface area contributed by atoms with Crippen LogP contribution in [-0.4, -0.2) is 9.36 Å². The summed E-state index contributed by atoms with van der Waals surface area (Å²) in [4.78, 5) is 12.1. The van der Waals surface area contributed by atoms with Crippen LogP contribution in [0.1, 0.15) is 18.2 Å². The lowest BCUT2D eigenvalue weighted by Gasteiger charge is -2.09. The molecule has 0 aliphatic carbocycles. The Hall–Kier alpha value is -1.97. The standard InChI is InChI=1S/C13H17N3O/c1-4-11-12(14)13(17)16(15(11)3)10-7-5-6-9(2)8-10/h5-8H,4,14H2,1-3H3. The topological polar surface area (TPSA) is 53.0 Å². The maximum Gasteiger partial charge on any atom is 0.294 e. The first-order valence-corrected chi connectivity index (χ1v) is 5.69. The molecule has 0 bridgehead atoms. The molecule has 0 unspecified atom stereocenters. The minimum atomic E-state index is -0.144. The lowest BCUT2D eigenvalue weighted by molar-refractivity contribution is 0.618. The van der Waals surface area contributed by atoms with Gasteiger partial charge in [0, 0.05) is 7.05 Å². The van der Waals surface area contributed by atoms with Crippen molar-refractivity contribution in [1.29, 1.82) is 0 Å². The Morgan fingerprint density at radius 3 is 2.59 bits per heavy atom. The highest BCUT2D eigenvalue weighted by Crippen LogP contribution is 2.13. The first-order valence-electron chi connectivity index (χ1n) is 5.69. The van der Waals surface area contributed by atoms with E-state index in [-0.39, 0.29) is 5.56 Å². The molecule has 90 valence electrons. The zero-order chi connectivity index (χ0) is 12.6. The lowest BCUT2D eigenvalue weighted by atomic mass is 10.2. The van der Waals surface area contributed by atoms with E-state index >= 15 is 0 Å². The molecule has 0 saturated heterocycles. The first kappa shape index (κ1) is 11.5. The number of hydrogen-bond acceptors (Lipinski definition) is 2. The zero-order valence-electron chi connectivity index (χ0n) is 10.4. The smallest absolute Gasteiger partial charge is 0.294 e. The number of nitrogen functional groups attached to an aromatic ring is 1. The van der Waals surface area contributed by atoms with Crippen LogP contribution in [0.5, 0.6) is 0 Å². The minimum absolute atomic E-state index is 0.144. The van der Waals surface area contributed by atoms with Crippen molar-refractivity contribution in [2.75, 3.05) is 5.73 Å². The number of rotatable bonds is 2. The molecule has 1 aromatic carbocycles. The largest absolute Gasteiger partial charge is 0.393 e. The van der Waals surface area contributed by atoms with Gasteiger partial charge in [-0.2, -0.15) is 0 Å². The van der Waals surface area contributed by atoms with Gasteiger partial charge in [0.25, 0.3) is 5.56 Å². The Morgan fingerprint density at radius 2 is 2.06 bits per heavy atom. The van der Waals surface area contributed by atoms with Gasteiger partial charge in [-0.05, 0) is 31.0 Å². The number of benzene rings is 1. The van der Waals surface area contributed by atoms with Crippen LogP contribution in [0.4, 0.5) is 5.69 Å². The van der Waals surface area contributed by atoms with Gasteiger partial charge in [0.2, 0.25) is 0 Å². The van der Waals surface area contributed by atoms with E-state index in [0.29, 0.717) is 5.69 Å². The van der Waals surface area contributed by atoms with Crippen molar-refractivity contribution in [2.24, 2.45) is 7.05 Å². The summed E-state index contributed by atoms with van der Waals surface area (Å²) in [6.07, 6.45) is 0.746. The van der Waals surface area contributed by atoms with Crippen LogP contribution < -0.4 is 11.3 Å². The normalized spacial score (nSPS) is 10.8. The highest BCUT2D eigenvalue weighted by molar-refractivity contribution is 5.46. The molecule has 17 heavy (non-hydrogen) atoms. The van der Waals surface area contributed by atoms with E-state index < -0.39 is 0 Å². The van der Waals surface area contributed by atoms with Gasteiger partial charge in [-0.3, -0.25) is 9.48 Å². The van der Waals surface area contributed by atoms with Gasteiger partial charge in [0.1, 0.15) is 5.69 Å². The average Bonchev–Trinajstić information content (AvgIpc) is 2.50. The maximum atomic E-state index is 12.1. The number of nitrogens with two attached hydrogens (primary N) is 1. The molecule has 0 amide bonds. The van der Waals surface area contributed by atoms with E-state index in [2.05, 4.69) is 0 Å². The highest BCUT2D eigenvalue weighted by atomic mass is 16.1. The Morgan fingerprint density at radius 1 is 1.35 bits per heavy atom. The van der Waals surface area contributed by atoms with Crippen molar-refractivity contribution in [1.82, 2.24) is 9.36 Å². The molecule has 4 heteroatoms. The third-order valence-corrected chi connectivity index (χ3v) is 3.01. The molecule has 0 aliphatic rings. The predicted octanol–water partition coefficient (Wildman–Crippen LogP) is 1.63. The number of hydrogen-bond donors (Lipinski definition) is 1. The van der Waals surface area contributed by atoms with Crippen LogP contribution in [0.2, 0.25) is 0 Å². The van der Waals surface area contributed by atoms with Gasteiger partial charge in [-0.25, -0.2) is 4.68 Å². The van der Waals surface area contributed by atoms with Crippen LogP contribution in [-0.2, 0) is 13.5 Å².